The van der Waals surface area contributed by atoms with Crippen molar-refractivity contribution in [3.63, 3.8) is 0 Å². The van der Waals surface area contributed by atoms with Crippen LogP contribution in [0.25, 0.3) is 0 Å². The third-order valence-electron chi connectivity index (χ3n) is 5.19. The molecule has 6 heteroatoms. The van der Waals surface area contributed by atoms with Crippen molar-refractivity contribution in [3.8, 4) is 5.75 Å². The number of carbonyl (C=O) groups excluding carboxylic acids is 2. The lowest BCUT2D eigenvalue weighted by atomic mass is 9.95. The maximum atomic E-state index is 13.7. The third kappa shape index (κ3) is 4.11. The van der Waals surface area contributed by atoms with Crippen LogP contribution in [0.2, 0.25) is 0 Å². The molecule has 0 atom stereocenters. The minimum absolute atomic E-state index is 0.0170. The molecule has 2 heterocycles. The van der Waals surface area contributed by atoms with Crippen LogP contribution < -0.4 is 4.74 Å². The summed E-state index contributed by atoms with van der Waals surface area (Å²) in [5.41, 5.74) is 0.638. The van der Waals surface area contributed by atoms with E-state index in [1.54, 1.807) is 17.0 Å². The lowest BCUT2D eigenvalue weighted by Gasteiger charge is -2.33. The molecule has 0 bridgehead atoms. The Morgan fingerprint density at radius 2 is 1.80 bits per heavy atom. The highest BCUT2D eigenvalue weighted by molar-refractivity contribution is 5.81. The molecular formula is C19H25FN2O3. The van der Waals surface area contributed by atoms with Gasteiger partial charge in [0.15, 0.2) is 11.6 Å². The van der Waals surface area contributed by atoms with E-state index >= 15 is 0 Å². The van der Waals surface area contributed by atoms with E-state index < -0.39 is 5.82 Å². The molecule has 3 rings (SSSR count). The molecule has 0 radical (unpaired) electrons. The van der Waals surface area contributed by atoms with Gasteiger partial charge in [-0.3, -0.25) is 9.59 Å². The van der Waals surface area contributed by atoms with Crippen molar-refractivity contribution in [2.24, 2.45) is 5.92 Å². The number of likely N-dealkylation sites (tertiary alicyclic amines) is 2. The van der Waals surface area contributed by atoms with E-state index in [2.05, 4.69) is 0 Å². The monoisotopic (exact) mass is 348 g/mol. The van der Waals surface area contributed by atoms with Crippen LogP contribution in [0, 0.1) is 11.7 Å². The minimum Gasteiger partial charge on any atom is -0.494 e. The number of carbonyl (C=O) groups is 2. The molecule has 2 aliphatic rings. The van der Waals surface area contributed by atoms with Crippen LogP contribution in [0.3, 0.4) is 0 Å². The Labute approximate surface area is 147 Å². The molecule has 2 amide bonds. The fraction of sp³-hybridized carbons (Fsp3) is 0.579. The second-order valence-corrected chi connectivity index (χ2v) is 6.83. The van der Waals surface area contributed by atoms with Crippen molar-refractivity contribution < 1.29 is 18.7 Å². The second-order valence-electron chi connectivity index (χ2n) is 6.83. The Hall–Kier alpha value is -2.11. The Morgan fingerprint density at radius 1 is 1.12 bits per heavy atom. The van der Waals surface area contributed by atoms with Gasteiger partial charge in [0.1, 0.15) is 0 Å². The first-order valence-corrected chi connectivity index (χ1v) is 8.97. The van der Waals surface area contributed by atoms with Gasteiger partial charge in [0.2, 0.25) is 11.8 Å². The number of ether oxygens (including phenoxy) is 1. The van der Waals surface area contributed by atoms with Crippen LogP contribution in [0.5, 0.6) is 5.75 Å². The van der Waals surface area contributed by atoms with Crippen LogP contribution >= 0.6 is 0 Å². The summed E-state index contributed by atoms with van der Waals surface area (Å²) in [6, 6.07) is 4.60. The molecular weight excluding hydrogens is 323 g/mol. The number of piperidine rings is 1. The van der Waals surface area contributed by atoms with Gasteiger partial charge in [-0.2, -0.15) is 0 Å². The molecule has 25 heavy (non-hydrogen) atoms. The molecule has 2 aliphatic heterocycles. The topological polar surface area (TPSA) is 49.9 Å². The summed E-state index contributed by atoms with van der Waals surface area (Å²) in [5.74, 6) is -0.000741. The highest BCUT2D eigenvalue weighted by Crippen LogP contribution is 2.23. The molecule has 0 unspecified atom stereocenters. The summed E-state index contributed by atoms with van der Waals surface area (Å²) in [6.45, 7) is 2.95. The van der Waals surface area contributed by atoms with Crippen molar-refractivity contribution in [1.82, 2.24) is 9.80 Å². The maximum absolute atomic E-state index is 13.7. The molecule has 0 N–H and O–H groups in total. The number of nitrogens with zero attached hydrogens (tertiary/aromatic N) is 2. The first-order chi connectivity index (χ1) is 12.1. The van der Waals surface area contributed by atoms with Crippen molar-refractivity contribution in [3.05, 3.63) is 29.6 Å². The molecule has 1 aromatic carbocycles. The molecule has 0 spiro atoms. The van der Waals surface area contributed by atoms with Gasteiger partial charge in [0.25, 0.3) is 0 Å². The van der Waals surface area contributed by atoms with E-state index in [1.807, 2.05) is 4.90 Å². The Balaban J connectivity index is 1.51. The Morgan fingerprint density at radius 3 is 2.40 bits per heavy atom. The van der Waals surface area contributed by atoms with E-state index in [9.17, 15) is 14.0 Å². The highest BCUT2D eigenvalue weighted by Gasteiger charge is 2.31. The van der Waals surface area contributed by atoms with E-state index in [0.717, 1.165) is 38.8 Å². The number of amides is 2. The average Bonchev–Trinajstić information content (AvgIpc) is 3.16. The van der Waals surface area contributed by atoms with Gasteiger partial charge >= 0.3 is 0 Å². The molecule has 0 saturated carbocycles. The average molecular weight is 348 g/mol. The maximum Gasteiger partial charge on any atom is 0.226 e. The van der Waals surface area contributed by atoms with Crippen LogP contribution in [-0.4, -0.2) is 54.9 Å². The van der Waals surface area contributed by atoms with Gasteiger partial charge in [-0.05, 0) is 43.4 Å². The normalized spacial score (nSPS) is 18.5. The van der Waals surface area contributed by atoms with Crippen molar-refractivity contribution in [2.45, 2.75) is 32.1 Å². The first-order valence-electron chi connectivity index (χ1n) is 8.97. The zero-order valence-electron chi connectivity index (χ0n) is 14.7. The van der Waals surface area contributed by atoms with Crippen molar-refractivity contribution >= 4 is 11.8 Å². The summed E-state index contributed by atoms with van der Waals surface area (Å²) in [6.07, 6.45) is 3.81. The summed E-state index contributed by atoms with van der Waals surface area (Å²) in [5, 5.41) is 0. The SMILES string of the molecule is COc1ccc(CC(=O)N2CCC(C(=O)N3CCCC3)CC2)cc1F. The molecule has 136 valence electrons. The number of halogens is 1. The summed E-state index contributed by atoms with van der Waals surface area (Å²) >= 11 is 0. The lowest BCUT2D eigenvalue weighted by molar-refractivity contribution is -0.139. The molecule has 2 fully saturated rings. The second kappa shape index (κ2) is 7.85. The Kier molecular flexibility index (Phi) is 5.56. The zero-order chi connectivity index (χ0) is 17.8. The van der Waals surface area contributed by atoms with Crippen LogP contribution in [0.4, 0.5) is 4.39 Å². The fourth-order valence-electron chi connectivity index (χ4n) is 3.68. The van der Waals surface area contributed by atoms with Gasteiger partial charge < -0.3 is 14.5 Å². The summed E-state index contributed by atoms with van der Waals surface area (Å²) in [4.78, 5) is 28.6. The van der Waals surface area contributed by atoms with Gasteiger partial charge in [-0.15, -0.1) is 0 Å². The summed E-state index contributed by atoms with van der Waals surface area (Å²) < 4.78 is 18.6. The van der Waals surface area contributed by atoms with Crippen molar-refractivity contribution in [2.75, 3.05) is 33.3 Å². The number of hydrogen-bond donors (Lipinski definition) is 0. The molecule has 0 aromatic heterocycles. The fourth-order valence-corrected chi connectivity index (χ4v) is 3.68. The quantitative estimate of drug-likeness (QED) is 0.838. The predicted molar refractivity (Wildman–Crippen MR) is 91.8 cm³/mol. The highest BCUT2D eigenvalue weighted by atomic mass is 19.1. The Bertz CT molecular complexity index is 636. The molecule has 2 saturated heterocycles. The van der Waals surface area contributed by atoms with Gasteiger partial charge in [0.05, 0.1) is 13.5 Å². The molecule has 1 aromatic rings. The molecule has 5 nitrogen and oxygen atoms in total. The van der Waals surface area contributed by atoms with Crippen LogP contribution in [0.15, 0.2) is 18.2 Å². The summed E-state index contributed by atoms with van der Waals surface area (Å²) in [7, 11) is 1.41. The smallest absolute Gasteiger partial charge is 0.226 e. The third-order valence-corrected chi connectivity index (χ3v) is 5.19. The van der Waals surface area contributed by atoms with Gasteiger partial charge in [0, 0.05) is 32.1 Å². The van der Waals surface area contributed by atoms with E-state index in [4.69, 9.17) is 4.74 Å². The van der Waals surface area contributed by atoms with Gasteiger partial charge in [-0.1, -0.05) is 6.07 Å². The predicted octanol–water partition coefficient (Wildman–Crippen LogP) is 2.24. The first kappa shape index (κ1) is 17.7. The molecule has 0 aliphatic carbocycles. The minimum atomic E-state index is -0.456. The van der Waals surface area contributed by atoms with E-state index in [0.29, 0.717) is 18.7 Å². The van der Waals surface area contributed by atoms with Crippen molar-refractivity contribution in [1.29, 1.82) is 0 Å². The van der Waals surface area contributed by atoms with E-state index in [-0.39, 0.29) is 29.9 Å². The largest absolute Gasteiger partial charge is 0.494 e. The number of rotatable bonds is 4. The lowest BCUT2D eigenvalue weighted by Crippen LogP contribution is -2.44. The number of methoxy groups -OCH3 is 1. The van der Waals surface area contributed by atoms with Crippen LogP contribution in [0.1, 0.15) is 31.2 Å². The van der Waals surface area contributed by atoms with Gasteiger partial charge in [-0.25, -0.2) is 4.39 Å². The standard InChI is InChI=1S/C19H25FN2O3/c1-25-17-5-4-14(12-16(17)20)13-18(23)21-10-6-15(7-11-21)19(24)22-8-2-3-9-22/h4-5,12,15H,2-3,6-11,13H2,1H3. The zero-order valence-corrected chi connectivity index (χ0v) is 14.7. The van der Waals surface area contributed by atoms with Crippen LogP contribution in [-0.2, 0) is 16.0 Å². The number of benzene rings is 1. The number of hydrogen-bond acceptors (Lipinski definition) is 3. The van der Waals surface area contributed by atoms with E-state index in [1.165, 1.54) is 13.2 Å².